The third kappa shape index (κ3) is 14.4. The lowest BCUT2D eigenvalue weighted by Gasteiger charge is -2.68. The van der Waals surface area contributed by atoms with Gasteiger partial charge < -0.3 is 67.8 Å². The number of carboxylic acid groups (broad SMARTS) is 1. The van der Waals surface area contributed by atoms with E-state index in [2.05, 4.69) is 0 Å². The molecule has 0 amide bonds. The fraction of sp³-hybridized carbons (Fsp3) is 0.582. The Morgan fingerprint density at radius 3 is 1.19 bits per heavy atom. The average molecular weight is 1620 g/mol. The zero-order chi connectivity index (χ0) is 85.9. The summed E-state index contributed by atoms with van der Waals surface area (Å²) in [6.45, 7) is 29.9. The lowest BCUT2D eigenvalue weighted by molar-refractivity contribution is -0.340. The minimum Gasteiger partial charge on any atom is -0.479 e. The zero-order valence-corrected chi connectivity index (χ0v) is 70.6. The third-order valence-corrected chi connectivity index (χ3v) is 28.7. The van der Waals surface area contributed by atoms with Crippen molar-refractivity contribution in [2.45, 2.75) is 258 Å². The Labute approximate surface area is 683 Å². The van der Waals surface area contributed by atoms with Crippen molar-refractivity contribution in [2.75, 3.05) is 27.3 Å². The number of hydrogen-bond donors (Lipinski definition) is 4. The van der Waals surface area contributed by atoms with E-state index in [1.54, 1.807) is 109 Å². The molecule has 26 heteroatoms. The zero-order valence-electron chi connectivity index (χ0n) is 70.6. The molecule has 6 aliphatic carbocycles. The summed E-state index contributed by atoms with van der Waals surface area (Å²) in [6, 6.07) is 35.2. The van der Waals surface area contributed by atoms with Crippen LogP contribution in [-0.2, 0) is 85.7 Å². The van der Waals surface area contributed by atoms with Crippen LogP contribution in [0.1, 0.15) is 201 Å². The molecule has 14 rings (SSSR count). The molecule has 117 heavy (non-hydrogen) atoms. The summed E-state index contributed by atoms with van der Waals surface area (Å²) in [5, 5.41) is 47.4. The number of allylic oxidation sites excluding steroid dienone is 1. The molecule has 22 atom stereocenters. The standard InChI is InChI=1S/C46H57NO11.C32H40O10.C13H17NO3/c1-25-21-33-45(24-54-33,57-28(4)49)38-40(56-41(52)30-19-15-12-16-20-30)46(53)23-31(26(2)34(42(46,5)6)37(55-27(3)48)39(51)44(25,38)9)22-32(50)36-35(29-17-13-11-14-18-29)47(10)43(7,8)58-36;1-16-13-22-31(15-39-22,42-19(4)34)25-27(41-28(37)20-11-9-8-10-12-20)32(38)14-21(35)17(2)23(29(32,5)6)24(40-18(3)33)26(36)30(16,25)7;1-13(2)14(3)10(11(17-13)12(15)16)9-7-5-4-6-8-9/h11-20,25,31,33,35-38,40,53H,21-24H2,1-10H3;8-12,16,21-22,24-25,27,35,38H,13-15H2,1-7H3;4-8,10-11H,1-3H3,(H,15,16)/t25-,31-,33?,35?,36?,37?,38?,40?,44+,45-,46?;16-,21?,22?,24?,25?,27?,30+,31-,32?;/m00./s1. The first-order valence-corrected chi connectivity index (χ1v) is 40.4. The molecular formula is C91H114N2O24. The number of ether oxygens (including phenoxy) is 10. The van der Waals surface area contributed by atoms with Crippen LogP contribution in [0, 0.1) is 51.2 Å². The van der Waals surface area contributed by atoms with Gasteiger partial charge in [-0.25, -0.2) is 14.4 Å². The number of carbonyl (C=O) groups excluding carboxylic acids is 9. The van der Waals surface area contributed by atoms with Gasteiger partial charge in [0, 0.05) is 62.2 Å². The topological polar surface area (TPSA) is 350 Å². The molecule has 0 spiro atoms. The summed E-state index contributed by atoms with van der Waals surface area (Å²) in [5.74, 6) is -10.2. The van der Waals surface area contributed by atoms with Crippen LogP contribution in [0.2, 0.25) is 0 Å². The molecule has 10 aliphatic rings. The Bertz CT molecular complexity index is 4620. The van der Waals surface area contributed by atoms with Gasteiger partial charge in [0.05, 0.1) is 54.4 Å². The van der Waals surface area contributed by atoms with Crippen molar-refractivity contribution >= 4 is 59.1 Å². The predicted molar refractivity (Wildman–Crippen MR) is 422 cm³/mol. The number of aliphatic carboxylic acids is 1. The minimum atomic E-state index is -2.03. The van der Waals surface area contributed by atoms with Crippen molar-refractivity contribution < 1.29 is 116 Å². The van der Waals surface area contributed by atoms with Gasteiger partial charge in [0.1, 0.15) is 53.2 Å². The Morgan fingerprint density at radius 1 is 0.487 bits per heavy atom. The van der Waals surface area contributed by atoms with E-state index in [1.807, 2.05) is 133 Å². The second-order valence-electron chi connectivity index (χ2n) is 36.4. The summed E-state index contributed by atoms with van der Waals surface area (Å²) in [5.41, 5.74) is -10.0. The maximum absolute atomic E-state index is 15.7. The van der Waals surface area contributed by atoms with Crippen LogP contribution >= 0.6 is 0 Å². The van der Waals surface area contributed by atoms with Crippen molar-refractivity contribution in [1.82, 2.24) is 9.80 Å². The Hall–Kier alpha value is -8.70. The second kappa shape index (κ2) is 31.5. The number of carbonyl (C=O) groups is 10. The number of nitrogens with zero attached hydrogens (tertiary/aromatic N) is 2. The van der Waals surface area contributed by atoms with Gasteiger partial charge in [-0.2, -0.15) is 0 Å². The number of esters is 6. The highest BCUT2D eigenvalue weighted by Gasteiger charge is 2.80. The number of benzene rings is 4. The number of aliphatic hydroxyl groups excluding tert-OH is 1. The van der Waals surface area contributed by atoms with E-state index in [-0.39, 0.29) is 61.0 Å². The lowest BCUT2D eigenvalue weighted by Crippen LogP contribution is -2.80. The van der Waals surface area contributed by atoms with Gasteiger partial charge in [-0.1, -0.05) is 158 Å². The maximum Gasteiger partial charge on any atom is 0.338 e. The number of Topliss-reactive ketones (excluding diaryl/α,β-unsaturated/α-hetero) is 3. The molecule has 632 valence electrons. The minimum absolute atomic E-state index is 0.0839. The van der Waals surface area contributed by atoms with E-state index in [4.69, 9.17) is 47.4 Å². The smallest absolute Gasteiger partial charge is 0.338 e. The van der Waals surface area contributed by atoms with Gasteiger partial charge >= 0.3 is 41.8 Å². The first-order valence-electron chi connectivity index (χ1n) is 40.4. The molecule has 4 aliphatic heterocycles. The normalized spacial score (nSPS) is 37.2. The first-order chi connectivity index (χ1) is 54.6. The summed E-state index contributed by atoms with van der Waals surface area (Å²) in [4.78, 5) is 140. The van der Waals surface area contributed by atoms with E-state index >= 15 is 4.79 Å². The number of rotatable bonds is 14. The van der Waals surface area contributed by atoms with Gasteiger partial charge in [0.25, 0.3) is 0 Å². The van der Waals surface area contributed by atoms with Crippen LogP contribution in [0.15, 0.2) is 144 Å². The summed E-state index contributed by atoms with van der Waals surface area (Å²) in [6.07, 6.45) is -9.90. The van der Waals surface area contributed by atoms with Crippen LogP contribution in [0.25, 0.3) is 0 Å². The molecular weight excluding hydrogens is 1500 g/mol. The van der Waals surface area contributed by atoms with Crippen molar-refractivity contribution in [3.8, 4) is 0 Å². The molecule has 4 bridgehead atoms. The number of likely N-dealkylation sites (N-methyl/N-ethyl adjacent to an activating group) is 2. The molecule has 4 saturated heterocycles. The molecule has 26 nitrogen and oxygen atoms in total. The van der Waals surface area contributed by atoms with Gasteiger partial charge in [-0.15, -0.1) is 0 Å². The number of carboxylic acids is 1. The van der Waals surface area contributed by atoms with Crippen LogP contribution in [-0.4, -0.2) is 205 Å². The monoisotopic (exact) mass is 1620 g/mol. The molecule has 8 fully saturated rings. The molecule has 0 aromatic heterocycles. The van der Waals surface area contributed by atoms with Crippen LogP contribution < -0.4 is 0 Å². The van der Waals surface area contributed by atoms with E-state index in [9.17, 15) is 63.6 Å². The average Bonchev–Trinajstić information content (AvgIpc) is 1.03. The quantitative estimate of drug-likeness (QED) is 0.0517. The largest absolute Gasteiger partial charge is 0.479 e. The SMILES string of the molecule is CC(=O)OC1C(=O)[C@@]2(C)C(C(OC(=O)c3ccccc3)C3(O)CC(O)C(C)=C1C3(C)C)[C@]1(OC(C)=O)COC1C[C@@H]2C.CC(=O)OC1C(=O)[C@@]2(C)C(C(OC(=O)c3ccccc3)C3(O)C[C@H](CC(=O)C4OC(C)(C)N(C)C4c4ccccc4)C(C)=C1C3(C)C)[C@]1(OC(C)=O)COC1C[C@@H]2C.CN1C(c2ccccc2)C(C(=O)O)OC1(C)C. The number of ketones is 3. The van der Waals surface area contributed by atoms with Crippen molar-refractivity contribution in [3.05, 3.63) is 166 Å². The second-order valence-corrected chi connectivity index (χ2v) is 36.4. The lowest BCUT2D eigenvalue weighted by atomic mass is 9.43. The molecule has 4 heterocycles. The van der Waals surface area contributed by atoms with Gasteiger partial charge in [-0.05, 0) is 145 Å². The number of hydrogen-bond acceptors (Lipinski definition) is 25. The highest BCUT2D eigenvalue weighted by atomic mass is 16.6. The van der Waals surface area contributed by atoms with Crippen LogP contribution in [0.4, 0.5) is 0 Å². The summed E-state index contributed by atoms with van der Waals surface area (Å²) in [7, 11) is 3.81. The van der Waals surface area contributed by atoms with E-state index in [0.29, 0.717) is 29.6 Å². The Morgan fingerprint density at radius 2 is 0.838 bits per heavy atom. The Kier molecular flexibility index (Phi) is 23.6. The van der Waals surface area contributed by atoms with E-state index in [0.717, 1.165) is 11.1 Å². The molecule has 4 saturated carbocycles. The fourth-order valence-electron chi connectivity index (χ4n) is 21.6. The molecule has 15 unspecified atom stereocenters. The molecule has 4 N–H and O–H groups in total. The fourth-order valence-corrected chi connectivity index (χ4v) is 21.6. The Balaban J connectivity index is 0.000000185. The summed E-state index contributed by atoms with van der Waals surface area (Å²) < 4.78 is 61.1. The van der Waals surface area contributed by atoms with E-state index in [1.165, 1.54) is 27.7 Å². The van der Waals surface area contributed by atoms with Crippen LogP contribution in [0.3, 0.4) is 0 Å². The first kappa shape index (κ1) is 87.6. The molecule has 4 aromatic rings. The van der Waals surface area contributed by atoms with Gasteiger partial charge in [0.15, 0.2) is 46.9 Å². The molecule has 0 radical (unpaired) electrons. The van der Waals surface area contributed by atoms with Gasteiger partial charge in [0.2, 0.25) is 0 Å². The summed E-state index contributed by atoms with van der Waals surface area (Å²) >= 11 is 0. The molecule has 4 aromatic carbocycles. The van der Waals surface area contributed by atoms with Gasteiger partial charge in [-0.3, -0.25) is 43.4 Å². The maximum atomic E-state index is 15.7. The van der Waals surface area contributed by atoms with Crippen molar-refractivity contribution in [2.24, 2.45) is 51.2 Å². The number of aliphatic hydroxyl groups is 3. The predicted octanol–water partition coefficient (Wildman–Crippen LogP) is 10.8. The highest BCUT2D eigenvalue weighted by Crippen LogP contribution is 2.69. The third-order valence-electron chi connectivity index (χ3n) is 28.7. The van der Waals surface area contributed by atoms with Crippen molar-refractivity contribution in [3.63, 3.8) is 0 Å². The van der Waals surface area contributed by atoms with Crippen molar-refractivity contribution in [1.29, 1.82) is 0 Å². The van der Waals surface area contributed by atoms with Crippen LogP contribution in [0.5, 0.6) is 0 Å². The van der Waals surface area contributed by atoms with E-state index < -0.39 is 199 Å². The highest BCUT2D eigenvalue weighted by molar-refractivity contribution is 5.97. The number of fused-ring (bicyclic) bond motifs is 10.